The zero-order chi connectivity index (χ0) is 20.4. The van der Waals surface area contributed by atoms with Crippen molar-refractivity contribution in [1.29, 1.82) is 0 Å². The molecule has 1 fully saturated rings. The standard InChI is InChI=1S/C18H27N3O5S/c1-13(2)20(4)27(25,26)15-7-5-14(6-8-15)11-19-17(24)21-10-9-18(3,12-21)16(22)23/h5-8,13H,9-12H2,1-4H3,(H,19,24)(H,22,23). The topological polar surface area (TPSA) is 107 Å². The summed E-state index contributed by atoms with van der Waals surface area (Å²) in [5.41, 5.74) is -0.148. The van der Waals surface area contributed by atoms with E-state index in [1.807, 2.05) is 0 Å². The fourth-order valence-electron chi connectivity index (χ4n) is 2.82. The second-order valence-corrected chi connectivity index (χ2v) is 9.45. The molecule has 1 atom stereocenters. The van der Waals surface area contributed by atoms with Gasteiger partial charge >= 0.3 is 12.0 Å². The Morgan fingerprint density at radius 3 is 2.37 bits per heavy atom. The third-order valence-electron chi connectivity index (χ3n) is 5.05. The summed E-state index contributed by atoms with van der Waals surface area (Å²) in [5.74, 6) is -0.902. The lowest BCUT2D eigenvalue weighted by Crippen LogP contribution is -2.40. The van der Waals surface area contributed by atoms with Gasteiger partial charge in [-0.2, -0.15) is 4.31 Å². The predicted molar refractivity (Wildman–Crippen MR) is 101 cm³/mol. The Hall–Kier alpha value is -2.13. The van der Waals surface area contributed by atoms with Crippen molar-refractivity contribution in [3.63, 3.8) is 0 Å². The third kappa shape index (κ3) is 4.59. The lowest BCUT2D eigenvalue weighted by molar-refractivity contribution is -0.147. The van der Waals surface area contributed by atoms with Crippen molar-refractivity contribution >= 4 is 22.0 Å². The van der Waals surface area contributed by atoms with Crippen LogP contribution in [-0.4, -0.2) is 60.9 Å². The summed E-state index contributed by atoms with van der Waals surface area (Å²) in [7, 11) is -2.00. The van der Waals surface area contributed by atoms with Gasteiger partial charge in [0.1, 0.15) is 0 Å². The Labute approximate surface area is 160 Å². The van der Waals surface area contributed by atoms with Gasteiger partial charge in [-0.25, -0.2) is 13.2 Å². The van der Waals surface area contributed by atoms with Crippen LogP contribution in [0.15, 0.2) is 29.2 Å². The van der Waals surface area contributed by atoms with Gasteiger partial charge in [0, 0.05) is 32.7 Å². The van der Waals surface area contributed by atoms with Gasteiger partial charge in [-0.3, -0.25) is 4.79 Å². The van der Waals surface area contributed by atoms with Crippen LogP contribution in [-0.2, 0) is 21.4 Å². The Morgan fingerprint density at radius 1 is 1.30 bits per heavy atom. The van der Waals surface area contributed by atoms with Crippen molar-refractivity contribution in [2.75, 3.05) is 20.1 Å². The summed E-state index contributed by atoms with van der Waals surface area (Å²) in [6.07, 6.45) is 0.422. The minimum absolute atomic E-state index is 0.147. The SMILES string of the molecule is CC(C)N(C)S(=O)(=O)c1ccc(CNC(=O)N2CCC(C)(C(=O)O)C2)cc1. The number of hydrogen-bond donors (Lipinski definition) is 2. The van der Waals surface area contributed by atoms with Crippen LogP contribution in [0.1, 0.15) is 32.8 Å². The molecule has 0 saturated carbocycles. The maximum absolute atomic E-state index is 12.4. The van der Waals surface area contributed by atoms with Crippen molar-refractivity contribution in [2.45, 2.75) is 44.7 Å². The number of likely N-dealkylation sites (tertiary alicyclic amines) is 1. The van der Waals surface area contributed by atoms with Crippen molar-refractivity contribution in [1.82, 2.24) is 14.5 Å². The van der Waals surface area contributed by atoms with Crippen LogP contribution in [0.5, 0.6) is 0 Å². The average molecular weight is 397 g/mol. The fraction of sp³-hybridized carbons (Fsp3) is 0.556. The van der Waals surface area contributed by atoms with Crippen LogP contribution in [0.3, 0.4) is 0 Å². The van der Waals surface area contributed by atoms with Crippen LogP contribution in [0.25, 0.3) is 0 Å². The lowest BCUT2D eigenvalue weighted by Gasteiger charge is -2.21. The van der Waals surface area contributed by atoms with Gasteiger partial charge in [-0.05, 0) is 44.9 Å². The Kier molecular flexibility index (Phi) is 6.16. The molecule has 1 aromatic rings. The van der Waals surface area contributed by atoms with E-state index < -0.39 is 21.4 Å². The van der Waals surface area contributed by atoms with E-state index in [9.17, 15) is 23.1 Å². The van der Waals surface area contributed by atoms with E-state index in [2.05, 4.69) is 5.32 Å². The summed E-state index contributed by atoms with van der Waals surface area (Å²) in [5, 5.41) is 12.0. The van der Waals surface area contributed by atoms with E-state index in [1.165, 1.54) is 28.4 Å². The number of urea groups is 1. The molecule has 2 rings (SSSR count). The molecule has 1 saturated heterocycles. The van der Waals surface area contributed by atoms with Crippen LogP contribution in [0.2, 0.25) is 0 Å². The number of benzene rings is 1. The molecule has 0 radical (unpaired) electrons. The largest absolute Gasteiger partial charge is 0.481 e. The van der Waals surface area contributed by atoms with E-state index in [4.69, 9.17) is 0 Å². The highest BCUT2D eigenvalue weighted by molar-refractivity contribution is 7.89. The predicted octanol–water partition coefficient (Wildman–Crippen LogP) is 1.72. The number of carbonyl (C=O) groups excluding carboxylic acids is 1. The number of aliphatic carboxylic acids is 1. The highest BCUT2D eigenvalue weighted by Crippen LogP contribution is 2.30. The number of carboxylic acids is 1. The first-order valence-corrected chi connectivity index (χ1v) is 10.2. The van der Waals surface area contributed by atoms with Crippen LogP contribution in [0, 0.1) is 5.41 Å². The number of hydrogen-bond acceptors (Lipinski definition) is 4. The number of amides is 2. The van der Waals surface area contributed by atoms with Crippen molar-refractivity contribution in [3.05, 3.63) is 29.8 Å². The summed E-state index contributed by atoms with van der Waals surface area (Å²) in [4.78, 5) is 25.2. The molecule has 0 bridgehead atoms. The summed E-state index contributed by atoms with van der Waals surface area (Å²) in [6, 6.07) is 5.89. The van der Waals surface area contributed by atoms with Crippen LogP contribution in [0.4, 0.5) is 4.79 Å². The highest BCUT2D eigenvalue weighted by Gasteiger charge is 2.42. The fourth-order valence-corrected chi connectivity index (χ4v) is 4.19. The molecule has 27 heavy (non-hydrogen) atoms. The summed E-state index contributed by atoms with van der Waals surface area (Å²) >= 11 is 0. The Morgan fingerprint density at radius 2 is 1.89 bits per heavy atom. The maximum atomic E-state index is 12.4. The number of sulfonamides is 1. The van der Waals surface area contributed by atoms with Gasteiger partial charge in [0.25, 0.3) is 0 Å². The molecule has 1 aliphatic rings. The number of carboxylic acid groups (broad SMARTS) is 1. The molecule has 1 aliphatic heterocycles. The molecular weight excluding hydrogens is 370 g/mol. The average Bonchev–Trinajstić information content (AvgIpc) is 3.03. The molecule has 1 aromatic carbocycles. The first kappa shape index (κ1) is 21.2. The lowest BCUT2D eigenvalue weighted by atomic mass is 9.90. The van der Waals surface area contributed by atoms with Gasteiger partial charge in [-0.15, -0.1) is 0 Å². The van der Waals surface area contributed by atoms with E-state index in [0.29, 0.717) is 13.0 Å². The summed E-state index contributed by atoms with van der Waals surface area (Å²) in [6.45, 7) is 6.04. The Bertz CT molecular complexity index is 807. The molecule has 9 heteroatoms. The monoisotopic (exact) mass is 397 g/mol. The Balaban J connectivity index is 1.96. The molecule has 150 valence electrons. The number of rotatable bonds is 6. The van der Waals surface area contributed by atoms with Gasteiger partial charge in [0.2, 0.25) is 10.0 Å². The summed E-state index contributed by atoms with van der Waals surface area (Å²) < 4.78 is 26.2. The minimum Gasteiger partial charge on any atom is -0.481 e. The second kappa shape index (κ2) is 7.85. The molecule has 2 N–H and O–H groups in total. The van der Waals surface area contributed by atoms with E-state index >= 15 is 0 Å². The number of nitrogens with zero attached hydrogens (tertiary/aromatic N) is 2. The zero-order valence-electron chi connectivity index (χ0n) is 16.1. The molecule has 0 aromatic heterocycles. The number of nitrogens with one attached hydrogen (secondary N) is 1. The third-order valence-corrected chi connectivity index (χ3v) is 7.10. The molecule has 1 unspecified atom stereocenters. The molecule has 1 heterocycles. The normalized spacial score (nSPS) is 20.3. The van der Waals surface area contributed by atoms with Crippen LogP contribution < -0.4 is 5.32 Å². The van der Waals surface area contributed by atoms with Crippen molar-refractivity contribution in [2.24, 2.45) is 5.41 Å². The molecule has 8 nitrogen and oxygen atoms in total. The van der Waals surface area contributed by atoms with Crippen molar-refractivity contribution < 1.29 is 23.1 Å². The molecular formula is C18H27N3O5S. The quantitative estimate of drug-likeness (QED) is 0.760. The molecule has 2 amide bonds. The van der Waals surface area contributed by atoms with Crippen molar-refractivity contribution in [3.8, 4) is 0 Å². The first-order valence-electron chi connectivity index (χ1n) is 8.80. The van der Waals surface area contributed by atoms with Gasteiger partial charge in [0.15, 0.2) is 0 Å². The van der Waals surface area contributed by atoms with E-state index in [-0.39, 0.29) is 30.1 Å². The highest BCUT2D eigenvalue weighted by atomic mass is 32.2. The van der Waals surface area contributed by atoms with E-state index in [0.717, 1.165) is 5.56 Å². The molecule has 0 aliphatic carbocycles. The molecule has 0 spiro atoms. The first-order chi connectivity index (χ1) is 12.5. The number of carbonyl (C=O) groups is 2. The van der Waals surface area contributed by atoms with Gasteiger partial charge < -0.3 is 15.3 Å². The van der Waals surface area contributed by atoms with Gasteiger partial charge in [-0.1, -0.05) is 12.1 Å². The second-order valence-electron chi connectivity index (χ2n) is 7.46. The zero-order valence-corrected chi connectivity index (χ0v) is 16.9. The smallest absolute Gasteiger partial charge is 0.317 e. The minimum atomic E-state index is -3.54. The maximum Gasteiger partial charge on any atom is 0.317 e. The van der Waals surface area contributed by atoms with Crippen LogP contribution >= 0.6 is 0 Å². The van der Waals surface area contributed by atoms with E-state index in [1.54, 1.807) is 32.9 Å². The van der Waals surface area contributed by atoms with Gasteiger partial charge in [0.05, 0.1) is 10.3 Å².